The highest BCUT2D eigenvalue weighted by atomic mass is 79.9. The van der Waals surface area contributed by atoms with E-state index in [9.17, 15) is 0 Å². The van der Waals surface area contributed by atoms with E-state index < -0.39 is 0 Å². The molecule has 1 saturated carbocycles. The van der Waals surface area contributed by atoms with Crippen molar-refractivity contribution >= 4 is 39.0 Å². The Balaban J connectivity index is 1.59. The molecule has 0 aromatic carbocycles. The van der Waals surface area contributed by atoms with E-state index in [0.717, 1.165) is 15.8 Å². The molecule has 0 spiro atoms. The lowest BCUT2D eigenvalue weighted by Crippen LogP contribution is -2.02. The quantitative estimate of drug-likeness (QED) is 0.732. The van der Waals surface area contributed by atoms with Crippen molar-refractivity contribution in [2.75, 3.05) is 5.73 Å². The van der Waals surface area contributed by atoms with Crippen LogP contribution in [0.4, 0.5) is 5.82 Å². The predicted octanol–water partition coefficient (Wildman–Crippen LogP) is 3.58. The zero-order chi connectivity index (χ0) is 16.0. The molecule has 1 fully saturated rings. The van der Waals surface area contributed by atoms with Gasteiger partial charge in [0.1, 0.15) is 6.61 Å². The van der Waals surface area contributed by atoms with Gasteiger partial charge in [0.05, 0.1) is 10.2 Å². The molecule has 0 atom stereocenters. The van der Waals surface area contributed by atoms with Gasteiger partial charge in [0.15, 0.2) is 22.4 Å². The lowest BCUT2D eigenvalue weighted by Gasteiger charge is -2.05. The van der Waals surface area contributed by atoms with Crippen LogP contribution in [0.2, 0.25) is 5.15 Å². The van der Waals surface area contributed by atoms with E-state index in [2.05, 4.69) is 43.4 Å². The van der Waals surface area contributed by atoms with Gasteiger partial charge in [0.25, 0.3) is 0 Å². The monoisotopic (exact) mass is 393 g/mol. The number of nitrogen functional groups attached to an aromatic ring is 1. The molecule has 0 aliphatic heterocycles. The van der Waals surface area contributed by atoms with Crippen LogP contribution in [0, 0.1) is 0 Å². The van der Waals surface area contributed by atoms with Gasteiger partial charge in [-0.15, -0.1) is 10.2 Å². The number of halogens is 2. The number of anilines is 1. The summed E-state index contributed by atoms with van der Waals surface area (Å²) >= 11 is 9.40. The van der Waals surface area contributed by atoms with Crippen molar-refractivity contribution in [2.45, 2.75) is 25.4 Å². The lowest BCUT2D eigenvalue weighted by molar-refractivity contribution is 0.302. The van der Waals surface area contributed by atoms with Crippen LogP contribution >= 0.6 is 27.5 Å². The van der Waals surface area contributed by atoms with Crippen molar-refractivity contribution in [3.63, 3.8) is 0 Å². The Morgan fingerprint density at radius 3 is 2.91 bits per heavy atom. The van der Waals surface area contributed by atoms with Crippen LogP contribution in [0.25, 0.3) is 5.65 Å². The standard InChI is InChI=1S/C15H13BrClN5O/c16-11-3-9(8-1-2-8)5-22-6-10(19-15(11)22)7-23-12-4-13(17)20-21-14(12)18/h3-6,8H,1-2,7H2,(H2,18,21). The Bertz CT molecular complexity index is 893. The lowest BCUT2D eigenvalue weighted by atomic mass is 10.2. The summed E-state index contributed by atoms with van der Waals surface area (Å²) in [6, 6.07) is 3.69. The molecule has 4 rings (SSSR count). The summed E-state index contributed by atoms with van der Waals surface area (Å²) < 4.78 is 8.67. The predicted molar refractivity (Wildman–Crippen MR) is 90.7 cm³/mol. The number of hydrogen-bond donors (Lipinski definition) is 1. The first-order valence-corrected chi connectivity index (χ1v) is 8.36. The third kappa shape index (κ3) is 2.98. The first-order chi connectivity index (χ1) is 11.1. The summed E-state index contributed by atoms with van der Waals surface area (Å²) in [4.78, 5) is 4.58. The topological polar surface area (TPSA) is 78.3 Å². The molecule has 118 valence electrons. The number of rotatable bonds is 4. The zero-order valence-electron chi connectivity index (χ0n) is 12.0. The molecule has 0 amide bonds. The number of ether oxygens (including phenoxy) is 1. The van der Waals surface area contributed by atoms with Crippen LogP contribution in [-0.4, -0.2) is 19.6 Å². The summed E-state index contributed by atoms with van der Waals surface area (Å²) in [5.74, 6) is 1.29. The second-order valence-corrected chi connectivity index (χ2v) is 6.81. The molecule has 3 aromatic rings. The zero-order valence-corrected chi connectivity index (χ0v) is 14.4. The molecule has 0 saturated heterocycles. The summed E-state index contributed by atoms with van der Waals surface area (Å²) in [5, 5.41) is 7.62. The average Bonchev–Trinajstić information content (AvgIpc) is 3.28. The van der Waals surface area contributed by atoms with Gasteiger partial charge in [-0.25, -0.2) is 4.98 Å². The molecular formula is C15H13BrClN5O. The maximum atomic E-state index is 5.80. The third-order valence-electron chi connectivity index (χ3n) is 3.76. The van der Waals surface area contributed by atoms with E-state index in [1.54, 1.807) is 6.07 Å². The normalized spacial score (nSPS) is 14.3. The minimum Gasteiger partial charge on any atom is -0.483 e. The van der Waals surface area contributed by atoms with Gasteiger partial charge in [-0.1, -0.05) is 11.6 Å². The number of fused-ring (bicyclic) bond motifs is 1. The molecule has 0 bridgehead atoms. The van der Waals surface area contributed by atoms with Crippen LogP contribution < -0.4 is 10.5 Å². The second-order valence-electron chi connectivity index (χ2n) is 5.56. The molecule has 2 N–H and O–H groups in total. The Hall–Kier alpha value is -1.86. The van der Waals surface area contributed by atoms with Crippen LogP contribution in [0.5, 0.6) is 5.75 Å². The largest absolute Gasteiger partial charge is 0.483 e. The van der Waals surface area contributed by atoms with Crippen molar-refractivity contribution in [3.8, 4) is 5.75 Å². The van der Waals surface area contributed by atoms with Gasteiger partial charge < -0.3 is 14.9 Å². The van der Waals surface area contributed by atoms with E-state index in [1.165, 1.54) is 18.4 Å². The van der Waals surface area contributed by atoms with E-state index in [4.69, 9.17) is 22.1 Å². The van der Waals surface area contributed by atoms with Gasteiger partial charge >= 0.3 is 0 Å². The minimum atomic E-state index is 0.204. The maximum absolute atomic E-state index is 5.80. The second kappa shape index (κ2) is 5.65. The maximum Gasteiger partial charge on any atom is 0.188 e. The number of imidazole rings is 1. The highest BCUT2D eigenvalue weighted by Crippen LogP contribution is 2.41. The fourth-order valence-corrected chi connectivity index (χ4v) is 3.16. The molecule has 0 radical (unpaired) electrons. The number of pyridine rings is 1. The summed E-state index contributed by atoms with van der Waals surface area (Å²) in [5.41, 5.74) is 8.72. The Kier molecular flexibility index (Phi) is 3.61. The first kappa shape index (κ1) is 14.7. The fourth-order valence-electron chi connectivity index (χ4n) is 2.47. The Morgan fingerprint density at radius 1 is 1.30 bits per heavy atom. The highest BCUT2D eigenvalue weighted by molar-refractivity contribution is 9.10. The number of aromatic nitrogens is 4. The molecule has 3 heterocycles. The van der Waals surface area contributed by atoms with Crippen molar-refractivity contribution < 1.29 is 4.74 Å². The minimum absolute atomic E-state index is 0.204. The van der Waals surface area contributed by atoms with Gasteiger partial charge in [-0.3, -0.25) is 0 Å². The van der Waals surface area contributed by atoms with E-state index in [1.807, 2.05) is 10.6 Å². The molecule has 8 heteroatoms. The summed E-state index contributed by atoms with van der Waals surface area (Å²) in [6.45, 7) is 0.277. The van der Waals surface area contributed by atoms with Crippen LogP contribution in [0.3, 0.4) is 0 Å². The molecule has 1 aliphatic carbocycles. The van der Waals surface area contributed by atoms with Crippen molar-refractivity contribution in [2.24, 2.45) is 0 Å². The SMILES string of the molecule is Nc1nnc(Cl)cc1OCc1cn2cc(C3CC3)cc(Br)c2n1. The van der Waals surface area contributed by atoms with Gasteiger partial charge in [0, 0.05) is 18.5 Å². The van der Waals surface area contributed by atoms with Crippen molar-refractivity contribution in [1.29, 1.82) is 0 Å². The number of hydrogen-bond acceptors (Lipinski definition) is 5. The van der Waals surface area contributed by atoms with Crippen LogP contribution in [0.1, 0.15) is 30.0 Å². The Labute approximate surface area is 145 Å². The van der Waals surface area contributed by atoms with Crippen LogP contribution in [0.15, 0.2) is 29.0 Å². The van der Waals surface area contributed by atoms with Crippen molar-refractivity contribution in [3.05, 3.63) is 45.4 Å². The average molecular weight is 395 g/mol. The first-order valence-electron chi connectivity index (χ1n) is 7.18. The smallest absolute Gasteiger partial charge is 0.188 e. The van der Waals surface area contributed by atoms with E-state index in [-0.39, 0.29) is 17.6 Å². The molecule has 23 heavy (non-hydrogen) atoms. The third-order valence-corrected chi connectivity index (χ3v) is 4.53. The van der Waals surface area contributed by atoms with Crippen molar-refractivity contribution in [1.82, 2.24) is 19.6 Å². The number of nitrogens with zero attached hydrogens (tertiary/aromatic N) is 4. The molecule has 1 aliphatic rings. The summed E-state index contributed by atoms with van der Waals surface area (Å²) in [7, 11) is 0. The summed E-state index contributed by atoms with van der Waals surface area (Å²) in [6.07, 6.45) is 6.61. The van der Waals surface area contributed by atoms with Crippen LogP contribution in [-0.2, 0) is 6.61 Å². The van der Waals surface area contributed by atoms with E-state index in [0.29, 0.717) is 11.7 Å². The highest BCUT2D eigenvalue weighted by Gasteiger charge is 2.24. The van der Waals surface area contributed by atoms with Gasteiger partial charge in [0.2, 0.25) is 0 Å². The van der Waals surface area contributed by atoms with E-state index >= 15 is 0 Å². The van der Waals surface area contributed by atoms with Gasteiger partial charge in [-0.2, -0.15) is 0 Å². The molecule has 6 nitrogen and oxygen atoms in total. The number of nitrogens with two attached hydrogens (primary N) is 1. The molecular weight excluding hydrogens is 382 g/mol. The molecule has 3 aromatic heterocycles. The Morgan fingerprint density at radius 2 is 2.13 bits per heavy atom. The van der Waals surface area contributed by atoms with Gasteiger partial charge in [-0.05, 0) is 46.3 Å². The fraction of sp³-hybridized carbons (Fsp3) is 0.267. The molecule has 0 unspecified atom stereocenters.